The Labute approximate surface area is 176 Å². The molecule has 0 atom stereocenters. The molecule has 0 bridgehead atoms. The van der Waals surface area contributed by atoms with Crippen LogP contribution in [0.15, 0.2) is 72.9 Å². The standard InChI is InChI=1S/C25H24N4O/c1-17-9-11-19(12-10-17)21-13-23(20-7-5-4-6-8-20)26-24(14-21)27-25(30)15-22-16-29(3)28-18(22)2/h4-14,16H,15H2,1-3H3,(H,26,27,30). The van der Waals surface area contributed by atoms with Gasteiger partial charge in [-0.05, 0) is 37.1 Å². The van der Waals surface area contributed by atoms with E-state index < -0.39 is 0 Å². The third-order valence-electron chi connectivity index (χ3n) is 5.01. The van der Waals surface area contributed by atoms with Crippen LogP contribution in [-0.4, -0.2) is 20.7 Å². The minimum Gasteiger partial charge on any atom is -0.310 e. The molecule has 0 spiro atoms. The molecule has 0 unspecified atom stereocenters. The van der Waals surface area contributed by atoms with Gasteiger partial charge in [0.1, 0.15) is 5.82 Å². The van der Waals surface area contributed by atoms with Crippen molar-refractivity contribution in [1.29, 1.82) is 0 Å². The van der Waals surface area contributed by atoms with Crippen LogP contribution in [0.25, 0.3) is 22.4 Å². The molecule has 0 saturated heterocycles. The highest BCUT2D eigenvalue weighted by atomic mass is 16.1. The molecule has 0 saturated carbocycles. The topological polar surface area (TPSA) is 59.8 Å². The summed E-state index contributed by atoms with van der Waals surface area (Å²) < 4.78 is 1.72. The molecule has 0 radical (unpaired) electrons. The summed E-state index contributed by atoms with van der Waals surface area (Å²) in [5.74, 6) is 0.428. The number of hydrogen-bond acceptors (Lipinski definition) is 3. The molecule has 150 valence electrons. The molecule has 5 nitrogen and oxygen atoms in total. The van der Waals surface area contributed by atoms with Crippen LogP contribution in [0.3, 0.4) is 0 Å². The predicted octanol–water partition coefficient (Wildman–Crippen LogP) is 4.95. The maximum absolute atomic E-state index is 12.7. The zero-order valence-electron chi connectivity index (χ0n) is 17.4. The summed E-state index contributed by atoms with van der Waals surface area (Å²) in [5, 5.41) is 7.28. The van der Waals surface area contributed by atoms with Crippen LogP contribution in [0.5, 0.6) is 0 Å². The second kappa shape index (κ2) is 8.33. The molecule has 1 N–H and O–H groups in total. The average molecular weight is 396 g/mol. The number of benzene rings is 2. The fourth-order valence-corrected chi connectivity index (χ4v) is 3.45. The lowest BCUT2D eigenvalue weighted by molar-refractivity contribution is -0.115. The molecule has 2 heterocycles. The first-order chi connectivity index (χ1) is 14.5. The molecule has 4 aromatic rings. The van der Waals surface area contributed by atoms with Gasteiger partial charge in [-0.3, -0.25) is 9.48 Å². The van der Waals surface area contributed by atoms with Crippen molar-refractivity contribution in [3.63, 3.8) is 0 Å². The third-order valence-corrected chi connectivity index (χ3v) is 5.01. The lowest BCUT2D eigenvalue weighted by atomic mass is 10.0. The van der Waals surface area contributed by atoms with Gasteiger partial charge in [0.05, 0.1) is 17.8 Å². The first-order valence-electron chi connectivity index (χ1n) is 9.91. The largest absolute Gasteiger partial charge is 0.310 e. The summed E-state index contributed by atoms with van der Waals surface area (Å²) in [6.07, 6.45) is 2.14. The van der Waals surface area contributed by atoms with Crippen LogP contribution in [0, 0.1) is 13.8 Å². The molecule has 0 aliphatic heterocycles. The van der Waals surface area contributed by atoms with Crippen molar-refractivity contribution in [2.75, 3.05) is 5.32 Å². The van der Waals surface area contributed by atoms with Crippen LogP contribution in [0.4, 0.5) is 5.82 Å². The summed E-state index contributed by atoms with van der Waals surface area (Å²) in [6, 6.07) is 22.3. The monoisotopic (exact) mass is 396 g/mol. The lowest BCUT2D eigenvalue weighted by Crippen LogP contribution is -2.15. The Morgan fingerprint density at radius 2 is 1.67 bits per heavy atom. The number of rotatable bonds is 5. The van der Waals surface area contributed by atoms with E-state index in [-0.39, 0.29) is 12.3 Å². The van der Waals surface area contributed by atoms with Crippen molar-refractivity contribution in [1.82, 2.24) is 14.8 Å². The van der Waals surface area contributed by atoms with Gasteiger partial charge in [-0.25, -0.2) is 4.98 Å². The summed E-state index contributed by atoms with van der Waals surface area (Å²) in [6.45, 7) is 3.98. The molecule has 0 aliphatic carbocycles. The van der Waals surface area contributed by atoms with Crippen molar-refractivity contribution in [2.24, 2.45) is 7.05 Å². The van der Waals surface area contributed by atoms with Gasteiger partial charge in [-0.1, -0.05) is 60.2 Å². The van der Waals surface area contributed by atoms with Crippen LogP contribution in [0.2, 0.25) is 0 Å². The number of nitrogens with zero attached hydrogens (tertiary/aromatic N) is 3. The van der Waals surface area contributed by atoms with E-state index in [0.29, 0.717) is 5.82 Å². The highest BCUT2D eigenvalue weighted by Gasteiger charge is 2.12. The molecule has 5 heteroatoms. The van der Waals surface area contributed by atoms with Crippen LogP contribution < -0.4 is 5.32 Å². The van der Waals surface area contributed by atoms with E-state index in [2.05, 4.69) is 47.7 Å². The molecule has 2 aromatic carbocycles. The van der Waals surface area contributed by atoms with E-state index in [4.69, 9.17) is 4.98 Å². The smallest absolute Gasteiger partial charge is 0.230 e. The molecule has 0 fully saturated rings. The summed E-state index contributed by atoms with van der Waals surface area (Å²) in [4.78, 5) is 17.4. The van der Waals surface area contributed by atoms with Gasteiger partial charge in [0.15, 0.2) is 0 Å². The Bertz CT molecular complexity index is 1180. The molecular formula is C25H24N4O. The van der Waals surface area contributed by atoms with Gasteiger partial charge in [0, 0.05) is 24.4 Å². The highest BCUT2D eigenvalue weighted by molar-refractivity contribution is 5.92. The lowest BCUT2D eigenvalue weighted by Gasteiger charge is -2.11. The Kier molecular flexibility index (Phi) is 5.44. The van der Waals surface area contributed by atoms with E-state index in [1.54, 1.807) is 4.68 Å². The number of nitrogens with one attached hydrogen (secondary N) is 1. The van der Waals surface area contributed by atoms with E-state index in [9.17, 15) is 4.79 Å². The van der Waals surface area contributed by atoms with Crippen LogP contribution in [0.1, 0.15) is 16.8 Å². The molecule has 30 heavy (non-hydrogen) atoms. The highest BCUT2D eigenvalue weighted by Crippen LogP contribution is 2.28. The van der Waals surface area contributed by atoms with Gasteiger partial charge < -0.3 is 5.32 Å². The quantitative estimate of drug-likeness (QED) is 0.519. The van der Waals surface area contributed by atoms with Crippen molar-refractivity contribution >= 4 is 11.7 Å². The second-order valence-corrected chi connectivity index (χ2v) is 7.50. The van der Waals surface area contributed by atoms with Crippen LogP contribution in [-0.2, 0) is 18.3 Å². The fourth-order valence-electron chi connectivity index (χ4n) is 3.45. The zero-order valence-corrected chi connectivity index (χ0v) is 17.4. The fraction of sp³-hybridized carbons (Fsp3) is 0.160. The van der Waals surface area contributed by atoms with Crippen LogP contribution >= 0.6 is 0 Å². The van der Waals surface area contributed by atoms with E-state index >= 15 is 0 Å². The number of hydrogen-bond donors (Lipinski definition) is 1. The number of aryl methyl sites for hydroxylation is 3. The Hall–Kier alpha value is -3.73. The first-order valence-corrected chi connectivity index (χ1v) is 9.91. The van der Waals surface area contributed by atoms with E-state index in [1.807, 2.05) is 56.6 Å². The molecular weight excluding hydrogens is 372 g/mol. The van der Waals surface area contributed by atoms with Gasteiger partial charge in [0.25, 0.3) is 0 Å². The summed E-state index contributed by atoms with van der Waals surface area (Å²) >= 11 is 0. The van der Waals surface area contributed by atoms with Gasteiger partial charge >= 0.3 is 0 Å². The maximum atomic E-state index is 12.7. The Morgan fingerprint density at radius 1 is 0.933 bits per heavy atom. The Balaban J connectivity index is 1.67. The van der Waals surface area contributed by atoms with Crippen molar-refractivity contribution in [3.8, 4) is 22.4 Å². The third kappa shape index (κ3) is 4.46. The Morgan fingerprint density at radius 3 is 2.33 bits per heavy atom. The average Bonchev–Trinajstić information content (AvgIpc) is 3.05. The number of anilines is 1. The number of pyridine rings is 1. The van der Waals surface area contributed by atoms with E-state index in [0.717, 1.165) is 33.6 Å². The normalized spacial score (nSPS) is 10.8. The molecule has 0 aliphatic rings. The second-order valence-electron chi connectivity index (χ2n) is 7.50. The predicted molar refractivity (Wildman–Crippen MR) is 120 cm³/mol. The van der Waals surface area contributed by atoms with Crippen molar-refractivity contribution in [2.45, 2.75) is 20.3 Å². The minimum absolute atomic E-state index is 0.112. The minimum atomic E-state index is -0.112. The van der Waals surface area contributed by atoms with Crippen molar-refractivity contribution < 1.29 is 4.79 Å². The van der Waals surface area contributed by atoms with E-state index in [1.165, 1.54) is 5.56 Å². The first kappa shape index (κ1) is 19.6. The summed E-state index contributed by atoms with van der Waals surface area (Å²) in [5.41, 5.74) is 6.89. The zero-order chi connectivity index (χ0) is 21.1. The van der Waals surface area contributed by atoms with Crippen molar-refractivity contribution in [3.05, 3.63) is 89.7 Å². The van der Waals surface area contributed by atoms with Gasteiger partial charge in [-0.2, -0.15) is 5.10 Å². The molecule has 4 rings (SSSR count). The number of aromatic nitrogens is 3. The SMILES string of the molecule is Cc1ccc(-c2cc(NC(=O)Cc3cn(C)nc3C)nc(-c3ccccc3)c2)cc1. The summed E-state index contributed by atoms with van der Waals surface area (Å²) in [7, 11) is 1.85. The number of carbonyl (C=O) groups excluding carboxylic acids is 1. The number of carbonyl (C=O) groups is 1. The molecule has 2 aromatic heterocycles. The molecule has 1 amide bonds. The number of amides is 1. The maximum Gasteiger partial charge on any atom is 0.230 e. The van der Waals surface area contributed by atoms with Gasteiger partial charge in [-0.15, -0.1) is 0 Å². The van der Waals surface area contributed by atoms with Gasteiger partial charge in [0.2, 0.25) is 5.91 Å².